The topological polar surface area (TPSA) is 70.7 Å². The van der Waals surface area contributed by atoms with Crippen LogP contribution in [0, 0.1) is 0 Å². The van der Waals surface area contributed by atoms with Gasteiger partial charge in [0.1, 0.15) is 5.82 Å². The summed E-state index contributed by atoms with van der Waals surface area (Å²) < 4.78 is 1.72. The summed E-state index contributed by atoms with van der Waals surface area (Å²) in [5, 5.41) is 13.4. The fourth-order valence-electron chi connectivity index (χ4n) is 2.53. The van der Waals surface area contributed by atoms with Crippen LogP contribution in [0.15, 0.2) is 18.3 Å². The van der Waals surface area contributed by atoms with Crippen molar-refractivity contribution in [3.05, 3.63) is 24.0 Å². The maximum Gasteiger partial charge on any atom is 0.354 e. The van der Waals surface area contributed by atoms with Crippen LogP contribution < -0.4 is 4.90 Å². The second kappa shape index (κ2) is 4.87. The third-order valence-corrected chi connectivity index (χ3v) is 3.49. The Kier molecular flexibility index (Phi) is 3.06. The first-order chi connectivity index (χ1) is 9.25. The molecule has 1 aliphatic heterocycles. The standard InChI is InChI=1S/C13H16N4O2/c18-13(19)10-9-12(16-7-3-1-2-4-8-16)17-11(15-10)5-6-14-17/h5-6,9H,1-4,7-8H2,(H,18,19). The molecule has 1 N–H and O–H groups in total. The summed E-state index contributed by atoms with van der Waals surface area (Å²) in [4.78, 5) is 17.5. The molecule has 0 radical (unpaired) electrons. The predicted molar refractivity (Wildman–Crippen MR) is 70.6 cm³/mol. The molecule has 0 spiro atoms. The lowest BCUT2D eigenvalue weighted by Gasteiger charge is -2.23. The molecule has 1 saturated heterocycles. The molecule has 0 bridgehead atoms. The number of aromatic carboxylic acids is 1. The number of anilines is 1. The van der Waals surface area contributed by atoms with Gasteiger partial charge in [-0.25, -0.2) is 9.78 Å². The first kappa shape index (κ1) is 12.0. The molecule has 3 rings (SSSR count). The van der Waals surface area contributed by atoms with Crippen molar-refractivity contribution in [3.8, 4) is 0 Å². The molecule has 1 fully saturated rings. The summed E-state index contributed by atoms with van der Waals surface area (Å²) in [6.45, 7) is 1.88. The number of hydrogen-bond donors (Lipinski definition) is 1. The third kappa shape index (κ3) is 2.25. The van der Waals surface area contributed by atoms with E-state index in [1.165, 1.54) is 12.8 Å². The Morgan fingerprint density at radius 1 is 1.21 bits per heavy atom. The van der Waals surface area contributed by atoms with Crippen molar-refractivity contribution < 1.29 is 9.90 Å². The van der Waals surface area contributed by atoms with Gasteiger partial charge in [0.05, 0.1) is 6.20 Å². The zero-order valence-corrected chi connectivity index (χ0v) is 10.6. The van der Waals surface area contributed by atoms with Gasteiger partial charge in [0.2, 0.25) is 0 Å². The van der Waals surface area contributed by atoms with Gasteiger partial charge in [0.15, 0.2) is 11.3 Å². The highest BCUT2D eigenvalue weighted by atomic mass is 16.4. The van der Waals surface area contributed by atoms with E-state index in [0.29, 0.717) is 5.65 Å². The minimum Gasteiger partial charge on any atom is -0.477 e. The summed E-state index contributed by atoms with van der Waals surface area (Å²) in [5.41, 5.74) is 0.659. The first-order valence-electron chi connectivity index (χ1n) is 6.59. The van der Waals surface area contributed by atoms with Gasteiger partial charge < -0.3 is 10.0 Å². The number of hydrogen-bond acceptors (Lipinski definition) is 4. The number of carbonyl (C=O) groups is 1. The predicted octanol–water partition coefficient (Wildman–Crippen LogP) is 1.81. The summed E-state index contributed by atoms with van der Waals surface area (Å²) >= 11 is 0. The van der Waals surface area contributed by atoms with E-state index < -0.39 is 5.97 Å². The Bertz CT molecular complexity index is 600. The van der Waals surface area contributed by atoms with Gasteiger partial charge in [0, 0.05) is 25.2 Å². The average molecular weight is 260 g/mol. The van der Waals surface area contributed by atoms with Crippen molar-refractivity contribution in [1.82, 2.24) is 14.6 Å². The van der Waals surface area contributed by atoms with Crippen molar-refractivity contribution in [2.45, 2.75) is 25.7 Å². The zero-order valence-electron chi connectivity index (χ0n) is 10.6. The number of fused-ring (bicyclic) bond motifs is 1. The third-order valence-electron chi connectivity index (χ3n) is 3.49. The molecule has 3 heterocycles. The largest absolute Gasteiger partial charge is 0.477 e. The molecule has 6 heteroatoms. The lowest BCUT2D eigenvalue weighted by Crippen LogP contribution is -2.27. The lowest BCUT2D eigenvalue weighted by atomic mass is 10.2. The molecule has 0 aliphatic carbocycles. The van der Waals surface area contributed by atoms with E-state index >= 15 is 0 Å². The Morgan fingerprint density at radius 3 is 2.63 bits per heavy atom. The van der Waals surface area contributed by atoms with Crippen molar-refractivity contribution in [1.29, 1.82) is 0 Å². The van der Waals surface area contributed by atoms with Crippen molar-refractivity contribution in [3.63, 3.8) is 0 Å². The van der Waals surface area contributed by atoms with Gasteiger partial charge in [0.25, 0.3) is 0 Å². The van der Waals surface area contributed by atoms with Crippen LogP contribution in [-0.2, 0) is 0 Å². The Hall–Kier alpha value is -2.11. The van der Waals surface area contributed by atoms with E-state index in [4.69, 9.17) is 5.11 Å². The van der Waals surface area contributed by atoms with Crippen molar-refractivity contribution >= 4 is 17.4 Å². The van der Waals surface area contributed by atoms with E-state index in [9.17, 15) is 4.79 Å². The number of rotatable bonds is 2. The SMILES string of the molecule is O=C(O)c1cc(N2CCCCCC2)n2nccc2n1. The van der Waals surface area contributed by atoms with Gasteiger partial charge in [-0.2, -0.15) is 9.61 Å². The maximum absolute atomic E-state index is 11.2. The average Bonchev–Trinajstić information content (AvgIpc) is 2.71. The van der Waals surface area contributed by atoms with Gasteiger partial charge in [-0.05, 0) is 12.8 Å². The van der Waals surface area contributed by atoms with E-state index in [2.05, 4.69) is 15.0 Å². The van der Waals surface area contributed by atoms with Crippen LogP contribution in [-0.4, -0.2) is 38.8 Å². The van der Waals surface area contributed by atoms with Crippen LogP contribution in [0.25, 0.3) is 5.65 Å². The molecule has 2 aromatic rings. The van der Waals surface area contributed by atoms with Crippen LogP contribution in [0.2, 0.25) is 0 Å². The van der Waals surface area contributed by atoms with Crippen LogP contribution in [0.4, 0.5) is 5.82 Å². The normalized spacial score (nSPS) is 16.5. The summed E-state index contributed by atoms with van der Waals surface area (Å²) in [5.74, 6) is -0.172. The fraction of sp³-hybridized carbons (Fsp3) is 0.462. The fourth-order valence-corrected chi connectivity index (χ4v) is 2.53. The minimum atomic E-state index is -1.00. The molecule has 0 aromatic carbocycles. The number of carboxylic acids is 1. The summed E-state index contributed by atoms with van der Waals surface area (Å²) in [7, 11) is 0. The molecule has 100 valence electrons. The second-order valence-corrected chi connectivity index (χ2v) is 4.81. The second-order valence-electron chi connectivity index (χ2n) is 4.81. The molecule has 0 amide bonds. The van der Waals surface area contributed by atoms with Crippen LogP contribution in [0.5, 0.6) is 0 Å². The molecule has 0 unspecified atom stereocenters. The molecule has 6 nitrogen and oxygen atoms in total. The van der Waals surface area contributed by atoms with Gasteiger partial charge in [-0.3, -0.25) is 0 Å². The molecular weight excluding hydrogens is 244 g/mol. The quantitative estimate of drug-likeness (QED) is 0.891. The van der Waals surface area contributed by atoms with Gasteiger partial charge >= 0.3 is 5.97 Å². The molecule has 2 aromatic heterocycles. The summed E-state index contributed by atoms with van der Waals surface area (Å²) in [6.07, 6.45) is 6.38. The maximum atomic E-state index is 11.2. The Balaban J connectivity index is 2.09. The van der Waals surface area contributed by atoms with Crippen LogP contribution in [0.3, 0.4) is 0 Å². The minimum absolute atomic E-state index is 0.0762. The molecule has 0 atom stereocenters. The first-order valence-corrected chi connectivity index (χ1v) is 6.59. The van der Waals surface area contributed by atoms with Crippen molar-refractivity contribution in [2.24, 2.45) is 0 Å². The highest BCUT2D eigenvalue weighted by molar-refractivity contribution is 5.87. The van der Waals surface area contributed by atoms with Crippen LogP contribution in [0.1, 0.15) is 36.2 Å². The highest BCUT2D eigenvalue weighted by Gasteiger charge is 2.17. The summed E-state index contributed by atoms with van der Waals surface area (Å²) in [6, 6.07) is 3.35. The molecule has 1 aliphatic rings. The van der Waals surface area contributed by atoms with E-state index in [1.54, 1.807) is 22.8 Å². The smallest absolute Gasteiger partial charge is 0.354 e. The Labute approximate surface area is 110 Å². The molecule has 19 heavy (non-hydrogen) atoms. The molecule has 0 saturated carbocycles. The van der Waals surface area contributed by atoms with E-state index in [1.807, 2.05) is 0 Å². The number of carboxylic acid groups (broad SMARTS) is 1. The van der Waals surface area contributed by atoms with Gasteiger partial charge in [-0.1, -0.05) is 12.8 Å². The monoisotopic (exact) mass is 260 g/mol. The zero-order chi connectivity index (χ0) is 13.2. The highest BCUT2D eigenvalue weighted by Crippen LogP contribution is 2.21. The Morgan fingerprint density at radius 2 is 1.95 bits per heavy atom. The number of nitrogens with zero attached hydrogens (tertiary/aromatic N) is 4. The van der Waals surface area contributed by atoms with Gasteiger partial charge in [-0.15, -0.1) is 0 Å². The van der Waals surface area contributed by atoms with Crippen molar-refractivity contribution in [2.75, 3.05) is 18.0 Å². The van der Waals surface area contributed by atoms with E-state index in [0.717, 1.165) is 31.7 Å². The molecular formula is C13H16N4O2. The number of aromatic nitrogens is 3. The van der Waals surface area contributed by atoms with E-state index in [-0.39, 0.29) is 5.69 Å². The van der Waals surface area contributed by atoms with Crippen LogP contribution >= 0.6 is 0 Å². The lowest BCUT2D eigenvalue weighted by molar-refractivity contribution is 0.0690.